The van der Waals surface area contributed by atoms with Gasteiger partial charge in [-0.25, -0.2) is 17.5 Å². The molecule has 2 aromatic rings. The minimum Gasteiger partial charge on any atom is -0.452 e. The molecule has 1 amide bonds. The molecule has 0 aliphatic rings. The van der Waals surface area contributed by atoms with E-state index in [4.69, 9.17) is 16.3 Å². The Morgan fingerprint density at radius 3 is 2.33 bits per heavy atom. The molecular weight excluding hydrogens is 392 g/mol. The van der Waals surface area contributed by atoms with Gasteiger partial charge in [-0.3, -0.25) is 4.79 Å². The van der Waals surface area contributed by atoms with E-state index in [9.17, 15) is 18.0 Å². The summed E-state index contributed by atoms with van der Waals surface area (Å²) in [7, 11) is -0.752. The third kappa shape index (κ3) is 5.06. The molecule has 0 aliphatic carbocycles. The van der Waals surface area contributed by atoms with Crippen molar-refractivity contribution in [2.75, 3.05) is 26.0 Å². The third-order valence-electron chi connectivity index (χ3n) is 3.74. The molecule has 144 valence electrons. The highest BCUT2D eigenvalue weighted by atomic mass is 35.5. The molecule has 0 fully saturated rings. The number of carbonyl (C=O) groups is 2. The first kappa shape index (κ1) is 20.9. The number of nitrogens with one attached hydrogen (secondary N) is 1. The first-order valence-electron chi connectivity index (χ1n) is 7.87. The Balaban J connectivity index is 1.97. The first-order chi connectivity index (χ1) is 12.6. The van der Waals surface area contributed by atoms with Gasteiger partial charge in [0, 0.05) is 24.8 Å². The second-order valence-corrected chi connectivity index (χ2v) is 8.41. The highest BCUT2D eigenvalue weighted by Crippen LogP contribution is 2.22. The van der Waals surface area contributed by atoms with Crippen LogP contribution >= 0.6 is 11.6 Å². The number of anilines is 1. The average Bonchev–Trinajstić information content (AvgIpc) is 2.63. The first-order valence-corrected chi connectivity index (χ1v) is 9.69. The van der Waals surface area contributed by atoms with Crippen LogP contribution < -0.4 is 5.32 Å². The van der Waals surface area contributed by atoms with Gasteiger partial charge in [0.25, 0.3) is 5.91 Å². The quantitative estimate of drug-likeness (QED) is 0.739. The van der Waals surface area contributed by atoms with E-state index in [0.717, 1.165) is 4.31 Å². The number of hydrogen-bond acceptors (Lipinski definition) is 5. The van der Waals surface area contributed by atoms with Crippen molar-refractivity contribution in [1.29, 1.82) is 0 Å². The molecule has 0 saturated heterocycles. The number of amides is 1. The van der Waals surface area contributed by atoms with Gasteiger partial charge in [-0.1, -0.05) is 17.7 Å². The molecule has 0 spiro atoms. The Morgan fingerprint density at radius 1 is 1.11 bits per heavy atom. The zero-order valence-electron chi connectivity index (χ0n) is 15.0. The fourth-order valence-electron chi connectivity index (χ4n) is 2.12. The predicted octanol–water partition coefficient (Wildman–Crippen LogP) is 2.69. The summed E-state index contributed by atoms with van der Waals surface area (Å²) in [6, 6.07) is 10.4. The molecule has 0 bridgehead atoms. The Kier molecular flexibility index (Phi) is 6.59. The number of esters is 1. The van der Waals surface area contributed by atoms with Crippen molar-refractivity contribution in [3.8, 4) is 0 Å². The Labute approximate surface area is 162 Å². The van der Waals surface area contributed by atoms with E-state index in [1.54, 1.807) is 25.1 Å². The van der Waals surface area contributed by atoms with Crippen LogP contribution in [0, 0.1) is 6.92 Å². The zero-order chi connectivity index (χ0) is 20.2. The van der Waals surface area contributed by atoms with Crippen molar-refractivity contribution in [3.05, 3.63) is 58.6 Å². The number of hydrogen-bond donors (Lipinski definition) is 1. The number of halogens is 1. The minimum absolute atomic E-state index is 0.0539. The molecule has 1 N–H and O–H groups in total. The summed E-state index contributed by atoms with van der Waals surface area (Å²) in [4.78, 5) is 24.0. The summed E-state index contributed by atoms with van der Waals surface area (Å²) in [6.07, 6.45) is 0. The molecule has 0 unspecified atom stereocenters. The van der Waals surface area contributed by atoms with Crippen LogP contribution in [0.1, 0.15) is 15.9 Å². The lowest BCUT2D eigenvalue weighted by Gasteiger charge is -2.12. The number of rotatable bonds is 6. The molecule has 0 aromatic heterocycles. The smallest absolute Gasteiger partial charge is 0.338 e. The van der Waals surface area contributed by atoms with Crippen LogP contribution in [0.25, 0.3) is 0 Å². The van der Waals surface area contributed by atoms with Gasteiger partial charge in [0.15, 0.2) is 6.61 Å². The summed E-state index contributed by atoms with van der Waals surface area (Å²) in [6.45, 7) is 1.27. The van der Waals surface area contributed by atoms with Crippen molar-refractivity contribution in [1.82, 2.24) is 4.31 Å². The fraction of sp³-hybridized carbons (Fsp3) is 0.222. The maximum absolute atomic E-state index is 12.0. The number of benzene rings is 2. The minimum atomic E-state index is -3.58. The van der Waals surface area contributed by atoms with E-state index in [1.165, 1.54) is 38.4 Å². The van der Waals surface area contributed by atoms with Gasteiger partial charge < -0.3 is 10.1 Å². The predicted molar refractivity (Wildman–Crippen MR) is 102 cm³/mol. The van der Waals surface area contributed by atoms with Crippen LogP contribution in [-0.2, 0) is 19.6 Å². The Bertz CT molecular complexity index is 956. The third-order valence-corrected chi connectivity index (χ3v) is 5.98. The van der Waals surface area contributed by atoms with Crippen molar-refractivity contribution >= 4 is 39.2 Å². The topological polar surface area (TPSA) is 92.8 Å². The van der Waals surface area contributed by atoms with Crippen molar-refractivity contribution in [3.63, 3.8) is 0 Å². The summed E-state index contributed by atoms with van der Waals surface area (Å²) in [5.41, 5.74) is 1.37. The van der Waals surface area contributed by atoms with Gasteiger partial charge in [0.1, 0.15) is 0 Å². The van der Waals surface area contributed by atoms with Crippen molar-refractivity contribution in [2.24, 2.45) is 0 Å². The maximum Gasteiger partial charge on any atom is 0.338 e. The van der Waals surface area contributed by atoms with E-state index < -0.39 is 28.5 Å². The number of sulfonamides is 1. The van der Waals surface area contributed by atoms with Gasteiger partial charge in [-0.15, -0.1) is 0 Å². The fourth-order valence-corrected chi connectivity index (χ4v) is 3.19. The van der Waals surface area contributed by atoms with E-state index in [0.29, 0.717) is 16.3 Å². The Morgan fingerprint density at radius 2 is 1.74 bits per heavy atom. The molecule has 0 heterocycles. The van der Waals surface area contributed by atoms with Crippen LogP contribution in [0.3, 0.4) is 0 Å². The monoisotopic (exact) mass is 410 g/mol. The molecule has 0 radical (unpaired) electrons. The molecular formula is C18H19ClN2O5S. The molecule has 27 heavy (non-hydrogen) atoms. The second kappa shape index (κ2) is 8.51. The standard InChI is InChI=1S/C18H19ClN2O5S/c1-12-15(19)5-4-6-16(12)20-17(22)11-26-18(23)13-7-9-14(10-8-13)27(24,25)21(2)3/h4-10H,11H2,1-3H3,(H,20,22). The van der Waals surface area contributed by atoms with Crippen molar-refractivity contribution in [2.45, 2.75) is 11.8 Å². The maximum atomic E-state index is 12.0. The van der Waals surface area contributed by atoms with Crippen molar-refractivity contribution < 1.29 is 22.7 Å². The molecule has 0 aliphatic heterocycles. The van der Waals surface area contributed by atoms with E-state index >= 15 is 0 Å². The lowest BCUT2D eigenvalue weighted by Crippen LogP contribution is -2.22. The van der Waals surface area contributed by atoms with Gasteiger partial charge in [-0.2, -0.15) is 0 Å². The van der Waals surface area contributed by atoms with E-state index in [2.05, 4.69) is 5.32 Å². The van der Waals surface area contributed by atoms with Gasteiger partial charge in [-0.05, 0) is 48.9 Å². The van der Waals surface area contributed by atoms with Crippen LogP contribution in [-0.4, -0.2) is 45.3 Å². The number of nitrogens with zero attached hydrogens (tertiary/aromatic N) is 1. The van der Waals surface area contributed by atoms with Gasteiger partial charge in [0.2, 0.25) is 10.0 Å². The van der Waals surface area contributed by atoms with Gasteiger partial charge in [0.05, 0.1) is 10.5 Å². The number of ether oxygens (including phenoxy) is 1. The van der Waals surface area contributed by atoms with Crippen LogP contribution in [0.4, 0.5) is 5.69 Å². The lowest BCUT2D eigenvalue weighted by atomic mass is 10.2. The van der Waals surface area contributed by atoms with Crippen LogP contribution in [0.2, 0.25) is 5.02 Å². The summed E-state index contributed by atoms with van der Waals surface area (Å²) >= 11 is 5.99. The van der Waals surface area contributed by atoms with Gasteiger partial charge >= 0.3 is 5.97 Å². The second-order valence-electron chi connectivity index (χ2n) is 5.85. The zero-order valence-corrected chi connectivity index (χ0v) is 16.6. The average molecular weight is 411 g/mol. The molecule has 0 saturated carbocycles. The SMILES string of the molecule is Cc1c(Cl)cccc1NC(=O)COC(=O)c1ccc(S(=O)(=O)N(C)C)cc1. The summed E-state index contributed by atoms with van der Waals surface area (Å²) in [5, 5.41) is 3.13. The molecule has 9 heteroatoms. The van der Waals surface area contributed by atoms with E-state index in [1.807, 2.05) is 0 Å². The summed E-state index contributed by atoms with van der Waals surface area (Å²) < 4.78 is 30.0. The highest BCUT2D eigenvalue weighted by molar-refractivity contribution is 7.89. The molecule has 2 rings (SSSR count). The Hall–Kier alpha value is -2.42. The molecule has 0 atom stereocenters. The molecule has 7 nitrogen and oxygen atoms in total. The van der Waals surface area contributed by atoms with Crippen LogP contribution in [0.15, 0.2) is 47.4 Å². The number of carbonyl (C=O) groups excluding carboxylic acids is 2. The summed E-state index contributed by atoms with van der Waals surface area (Å²) in [5.74, 6) is -1.25. The molecule has 2 aromatic carbocycles. The largest absolute Gasteiger partial charge is 0.452 e. The highest BCUT2D eigenvalue weighted by Gasteiger charge is 2.18. The normalized spacial score (nSPS) is 11.3. The van der Waals surface area contributed by atoms with Crippen LogP contribution in [0.5, 0.6) is 0 Å². The van der Waals surface area contributed by atoms with E-state index in [-0.39, 0.29) is 10.5 Å². The lowest BCUT2D eigenvalue weighted by molar-refractivity contribution is -0.119.